The molecule has 168 valence electrons. The summed E-state index contributed by atoms with van der Waals surface area (Å²) in [6.07, 6.45) is 2.25. The standard InChI is InChI=1S/C22H23FN4O3S2/c1-12(2)27-19(14-4-5-14)25-26-22(27)32-11-17(28)24-20-18(21(29)30-3)16(10-31-20)13-6-8-15(23)9-7-13/h6-10,12,14H,4-5,11H2,1-3H3,(H,24,28). The molecule has 1 saturated carbocycles. The van der Waals surface area contributed by atoms with Gasteiger partial charge in [0.25, 0.3) is 0 Å². The molecule has 0 radical (unpaired) electrons. The average molecular weight is 475 g/mol. The third-order valence-corrected chi connectivity index (χ3v) is 6.91. The quantitative estimate of drug-likeness (QED) is 0.360. The molecule has 0 bridgehead atoms. The summed E-state index contributed by atoms with van der Waals surface area (Å²) < 4.78 is 20.3. The summed E-state index contributed by atoms with van der Waals surface area (Å²) in [6, 6.07) is 6.02. The van der Waals surface area contributed by atoms with Gasteiger partial charge in [-0.15, -0.1) is 21.5 Å². The summed E-state index contributed by atoms with van der Waals surface area (Å²) in [6.45, 7) is 4.15. The Morgan fingerprint density at radius 1 is 1.28 bits per heavy atom. The van der Waals surface area contributed by atoms with Gasteiger partial charge >= 0.3 is 5.97 Å². The summed E-state index contributed by atoms with van der Waals surface area (Å²) in [5.41, 5.74) is 1.50. The molecule has 0 spiro atoms. The molecule has 1 aromatic carbocycles. The molecule has 10 heteroatoms. The van der Waals surface area contributed by atoms with Crippen molar-refractivity contribution >= 4 is 40.0 Å². The van der Waals surface area contributed by atoms with E-state index in [2.05, 4.69) is 33.9 Å². The Labute approximate surface area is 193 Å². The smallest absolute Gasteiger partial charge is 0.341 e. The lowest BCUT2D eigenvalue weighted by atomic mass is 10.0. The van der Waals surface area contributed by atoms with Crippen LogP contribution in [0.1, 0.15) is 54.8 Å². The molecular formula is C22H23FN4O3S2. The van der Waals surface area contributed by atoms with Crippen LogP contribution < -0.4 is 5.32 Å². The second-order valence-corrected chi connectivity index (χ2v) is 9.59. The Kier molecular flexibility index (Phi) is 6.61. The highest BCUT2D eigenvalue weighted by molar-refractivity contribution is 7.99. The average Bonchev–Trinajstić information content (AvgIpc) is 3.39. The molecule has 0 atom stereocenters. The van der Waals surface area contributed by atoms with Gasteiger partial charge < -0.3 is 14.6 Å². The van der Waals surface area contributed by atoms with Crippen molar-refractivity contribution < 1.29 is 18.7 Å². The number of methoxy groups -OCH3 is 1. The molecule has 1 aliphatic carbocycles. The van der Waals surface area contributed by atoms with E-state index in [4.69, 9.17) is 4.74 Å². The number of nitrogens with zero attached hydrogens (tertiary/aromatic N) is 3. The van der Waals surface area contributed by atoms with Crippen LogP contribution in [0.4, 0.5) is 9.39 Å². The van der Waals surface area contributed by atoms with Gasteiger partial charge in [0, 0.05) is 22.9 Å². The number of nitrogens with one attached hydrogen (secondary N) is 1. The second kappa shape index (κ2) is 9.41. The predicted molar refractivity (Wildman–Crippen MR) is 123 cm³/mol. The number of benzene rings is 1. The van der Waals surface area contributed by atoms with Crippen molar-refractivity contribution in [2.75, 3.05) is 18.2 Å². The zero-order valence-corrected chi connectivity index (χ0v) is 19.6. The Hall–Kier alpha value is -2.72. The summed E-state index contributed by atoms with van der Waals surface area (Å²) in [4.78, 5) is 25.1. The Morgan fingerprint density at radius 2 is 2.00 bits per heavy atom. The minimum atomic E-state index is -0.567. The molecule has 3 aromatic rings. The van der Waals surface area contributed by atoms with Crippen LogP contribution in [0.2, 0.25) is 0 Å². The van der Waals surface area contributed by atoms with Crippen LogP contribution in [0, 0.1) is 5.82 Å². The molecule has 0 aliphatic heterocycles. The lowest BCUT2D eigenvalue weighted by Crippen LogP contribution is -2.16. The van der Waals surface area contributed by atoms with Gasteiger partial charge in [-0.3, -0.25) is 4.79 Å². The minimum absolute atomic E-state index is 0.125. The van der Waals surface area contributed by atoms with E-state index in [1.165, 1.54) is 42.3 Å². The van der Waals surface area contributed by atoms with Gasteiger partial charge in [0.15, 0.2) is 5.16 Å². The maximum atomic E-state index is 13.3. The number of ether oxygens (including phenoxy) is 1. The highest BCUT2D eigenvalue weighted by atomic mass is 32.2. The number of esters is 1. The number of thiophene rings is 1. The highest BCUT2D eigenvalue weighted by Crippen LogP contribution is 2.41. The highest BCUT2D eigenvalue weighted by Gasteiger charge is 2.31. The van der Waals surface area contributed by atoms with E-state index < -0.39 is 5.97 Å². The fourth-order valence-electron chi connectivity index (χ4n) is 3.38. The van der Waals surface area contributed by atoms with Crippen LogP contribution >= 0.6 is 23.1 Å². The van der Waals surface area contributed by atoms with Gasteiger partial charge in [-0.05, 0) is 44.4 Å². The van der Waals surface area contributed by atoms with E-state index in [1.807, 2.05) is 0 Å². The topological polar surface area (TPSA) is 86.1 Å². The first-order chi connectivity index (χ1) is 15.4. The molecular weight excluding hydrogens is 451 g/mol. The number of anilines is 1. The van der Waals surface area contributed by atoms with Gasteiger partial charge in [-0.25, -0.2) is 9.18 Å². The molecule has 4 rings (SSSR count). The largest absolute Gasteiger partial charge is 0.465 e. The molecule has 0 saturated heterocycles. The second-order valence-electron chi connectivity index (χ2n) is 7.77. The summed E-state index contributed by atoms with van der Waals surface area (Å²) in [5, 5.41) is 14.3. The molecule has 2 aromatic heterocycles. The lowest BCUT2D eigenvalue weighted by Gasteiger charge is -2.13. The van der Waals surface area contributed by atoms with Crippen molar-refractivity contribution in [1.82, 2.24) is 14.8 Å². The summed E-state index contributed by atoms with van der Waals surface area (Å²) in [5.74, 6) is 0.374. The maximum Gasteiger partial charge on any atom is 0.341 e. The molecule has 1 aliphatic rings. The first kappa shape index (κ1) is 22.5. The SMILES string of the molecule is COC(=O)c1c(-c2ccc(F)cc2)csc1NC(=O)CSc1nnc(C2CC2)n1C(C)C. The fraction of sp³-hybridized carbons (Fsp3) is 0.364. The Bertz CT molecular complexity index is 1140. The third-order valence-electron chi connectivity index (χ3n) is 5.07. The summed E-state index contributed by atoms with van der Waals surface area (Å²) >= 11 is 2.54. The number of carbonyl (C=O) groups excluding carboxylic acids is 2. The van der Waals surface area contributed by atoms with Gasteiger partial charge in [-0.2, -0.15) is 0 Å². The Balaban J connectivity index is 1.50. The first-order valence-corrected chi connectivity index (χ1v) is 12.1. The molecule has 2 heterocycles. The van der Waals surface area contributed by atoms with E-state index in [1.54, 1.807) is 17.5 Å². The van der Waals surface area contributed by atoms with Crippen molar-refractivity contribution in [2.45, 2.75) is 43.8 Å². The zero-order chi connectivity index (χ0) is 22.8. The van der Waals surface area contributed by atoms with Crippen LogP contribution in [0.5, 0.6) is 0 Å². The minimum Gasteiger partial charge on any atom is -0.465 e. The molecule has 1 fully saturated rings. The number of rotatable bonds is 8. The van der Waals surface area contributed by atoms with Crippen LogP contribution in [0.25, 0.3) is 11.1 Å². The summed E-state index contributed by atoms with van der Waals surface area (Å²) in [7, 11) is 1.28. The van der Waals surface area contributed by atoms with Crippen molar-refractivity contribution in [1.29, 1.82) is 0 Å². The van der Waals surface area contributed by atoms with Gasteiger partial charge in [0.1, 0.15) is 22.2 Å². The fourth-order valence-corrected chi connectivity index (χ4v) is 5.23. The number of hydrogen-bond acceptors (Lipinski definition) is 7. The van der Waals surface area contributed by atoms with E-state index in [-0.39, 0.29) is 29.1 Å². The van der Waals surface area contributed by atoms with E-state index in [0.29, 0.717) is 27.2 Å². The van der Waals surface area contributed by atoms with E-state index in [9.17, 15) is 14.0 Å². The van der Waals surface area contributed by atoms with Gasteiger partial charge in [0.2, 0.25) is 5.91 Å². The third kappa shape index (κ3) is 4.71. The maximum absolute atomic E-state index is 13.3. The first-order valence-electron chi connectivity index (χ1n) is 10.2. The number of aromatic nitrogens is 3. The van der Waals surface area contributed by atoms with Crippen LogP contribution in [-0.2, 0) is 9.53 Å². The lowest BCUT2D eigenvalue weighted by molar-refractivity contribution is -0.113. The van der Waals surface area contributed by atoms with Crippen molar-refractivity contribution in [3.63, 3.8) is 0 Å². The van der Waals surface area contributed by atoms with Crippen molar-refractivity contribution in [2.24, 2.45) is 0 Å². The van der Waals surface area contributed by atoms with Crippen LogP contribution in [0.3, 0.4) is 0 Å². The zero-order valence-electron chi connectivity index (χ0n) is 17.9. The number of thioether (sulfide) groups is 1. The number of hydrogen-bond donors (Lipinski definition) is 1. The Morgan fingerprint density at radius 3 is 2.62 bits per heavy atom. The van der Waals surface area contributed by atoms with Gasteiger partial charge in [0.05, 0.1) is 12.9 Å². The van der Waals surface area contributed by atoms with Crippen LogP contribution in [0.15, 0.2) is 34.8 Å². The van der Waals surface area contributed by atoms with Gasteiger partial charge in [-0.1, -0.05) is 23.9 Å². The number of halogens is 1. The molecule has 32 heavy (non-hydrogen) atoms. The molecule has 7 nitrogen and oxygen atoms in total. The van der Waals surface area contributed by atoms with Crippen molar-refractivity contribution in [3.05, 3.63) is 46.9 Å². The van der Waals surface area contributed by atoms with E-state index >= 15 is 0 Å². The molecule has 1 amide bonds. The van der Waals surface area contributed by atoms with E-state index in [0.717, 1.165) is 18.7 Å². The molecule has 1 N–H and O–H groups in total. The normalized spacial score (nSPS) is 13.4. The predicted octanol–water partition coefficient (Wildman–Crippen LogP) is 5.12. The monoisotopic (exact) mass is 474 g/mol. The number of amides is 1. The number of carbonyl (C=O) groups is 2. The molecule has 0 unspecified atom stereocenters. The van der Waals surface area contributed by atoms with Crippen molar-refractivity contribution in [3.8, 4) is 11.1 Å². The van der Waals surface area contributed by atoms with Crippen LogP contribution in [-0.4, -0.2) is 39.5 Å².